The SMILES string of the molecule is C1CCOC1.C=C(C)C(=O)O.C=CC(=O)O.C=CC(=O)OC.C=CC(=O)OC. The fraction of sp³-hybridized carbons (Fsp3) is 0.368. The number of carbonyl (C=O) groups excluding carboxylic acids is 2. The van der Waals surface area contributed by atoms with Gasteiger partial charge in [0.25, 0.3) is 0 Å². The summed E-state index contributed by atoms with van der Waals surface area (Å²) in [6.07, 6.45) is 5.61. The highest BCUT2D eigenvalue weighted by atomic mass is 16.5. The predicted molar refractivity (Wildman–Crippen MR) is 105 cm³/mol. The van der Waals surface area contributed by atoms with Gasteiger partial charge in [-0.15, -0.1) is 0 Å². The van der Waals surface area contributed by atoms with Gasteiger partial charge >= 0.3 is 23.9 Å². The number of aliphatic carboxylic acids is 2. The first-order chi connectivity index (χ1) is 13.0. The molecule has 0 unspecified atom stereocenters. The molecule has 0 atom stereocenters. The van der Waals surface area contributed by atoms with E-state index in [0.717, 1.165) is 31.4 Å². The number of methoxy groups -OCH3 is 2. The van der Waals surface area contributed by atoms with Gasteiger partial charge in [-0.25, -0.2) is 19.2 Å². The van der Waals surface area contributed by atoms with E-state index in [-0.39, 0.29) is 5.57 Å². The van der Waals surface area contributed by atoms with E-state index in [0.29, 0.717) is 0 Å². The monoisotopic (exact) mass is 402 g/mol. The Morgan fingerprint density at radius 1 is 0.857 bits per heavy atom. The minimum atomic E-state index is -0.981. The molecule has 1 saturated heterocycles. The summed E-state index contributed by atoms with van der Waals surface area (Å²) in [5, 5.41) is 15.5. The highest BCUT2D eigenvalue weighted by molar-refractivity contribution is 5.84. The van der Waals surface area contributed by atoms with Crippen molar-refractivity contribution in [3.8, 4) is 0 Å². The van der Waals surface area contributed by atoms with Crippen LogP contribution in [0.15, 0.2) is 50.1 Å². The van der Waals surface area contributed by atoms with Crippen LogP contribution in [0.2, 0.25) is 0 Å². The van der Waals surface area contributed by atoms with Gasteiger partial charge in [0.2, 0.25) is 0 Å². The van der Waals surface area contributed by atoms with Gasteiger partial charge in [-0.2, -0.15) is 0 Å². The molecule has 1 aliphatic heterocycles. The quantitative estimate of drug-likeness (QED) is 0.536. The lowest BCUT2D eigenvalue weighted by atomic mass is 10.4. The molecule has 0 saturated carbocycles. The van der Waals surface area contributed by atoms with Gasteiger partial charge in [-0.05, 0) is 19.8 Å². The third-order valence-corrected chi connectivity index (χ3v) is 2.10. The zero-order valence-corrected chi connectivity index (χ0v) is 16.6. The van der Waals surface area contributed by atoms with E-state index < -0.39 is 23.9 Å². The molecule has 1 heterocycles. The zero-order chi connectivity index (χ0) is 23.0. The molecule has 1 aliphatic rings. The minimum Gasteiger partial charge on any atom is -0.478 e. The Hall–Kier alpha value is -3.20. The number of hydrogen-bond acceptors (Lipinski definition) is 7. The number of carboxylic acid groups (broad SMARTS) is 2. The van der Waals surface area contributed by atoms with E-state index in [1.165, 1.54) is 34.0 Å². The average molecular weight is 402 g/mol. The smallest absolute Gasteiger partial charge is 0.330 e. The Labute approximate surface area is 165 Å². The Morgan fingerprint density at radius 3 is 1.18 bits per heavy atom. The predicted octanol–water partition coefficient (Wildman–Crippen LogP) is 2.39. The molecule has 0 spiro atoms. The maximum atomic E-state index is 9.84. The summed E-state index contributed by atoms with van der Waals surface area (Å²) in [4.78, 5) is 38.5. The number of carboxylic acids is 2. The normalized spacial score (nSPS) is 9.96. The Bertz CT molecular complexity index is 460. The van der Waals surface area contributed by atoms with Crippen molar-refractivity contribution in [1.82, 2.24) is 0 Å². The van der Waals surface area contributed by atoms with E-state index in [2.05, 4.69) is 35.8 Å². The largest absolute Gasteiger partial charge is 0.478 e. The van der Waals surface area contributed by atoms with Crippen molar-refractivity contribution in [2.75, 3.05) is 27.4 Å². The molecular weight excluding hydrogens is 372 g/mol. The van der Waals surface area contributed by atoms with Crippen LogP contribution >= 0.6 is 0 Å². The summed E-state index contributed by atoms with van der Waals surface area (Å²) in [6, 6.07) is 0. The fourth-order valence-corrected chi connectivity index (χ4v) is 0.677. The van der Waals surface area contributed by atoms with Crippen LogP contribution in [0.1, 0.15) is 19.8 Å². The molecule has 0 bridgehead atoms. The van der Waals surface area contributed by atoms with Crippen molar-refractivity contribution in [2.24, 2.45) is 0 Å². The van der Waals surface area contributed by atoms with Gasteiger partial charge in [-0.3, -0.25) is 0 Å². The van der Waals surface area contributed by atoms with Crippen molar-refractivity contribution in [1.29, 1.82) is 0 Å². The van der Waals surface area contributed by atoms with E-state index in [1.807, 2.05) is 0 Å². The van der Waals surface area contributed by atoms with Crippen molar-refractivity contribution in [3.63, 3.8) is 0 Å². The molecule has 0 aromatic heterocycles. The summed E-state index contributed by atoms with van der Waals surface area (Å²) in [7, 11) is 2.62. The van der Waals surface area contributed by atoms with Crippen molar-refractivity contribution >= 4 is 23.9 Å². The van der Waals surface area contributed by atoms with Gasteiger partial charge in [-0.1, -0.05) is 26.3 Å². The first kappa shape index (κ1) is 32.5. The molecule has 2 N–H and O–H groups in total. The Morgan fingerprint density at radius 2 is 1.14 bits per heavy atom. The molecule has 0 amide bonds. The zero-order valence-electron chi connectivity index (χ0n) is 16.6. The molecule has 1 rings (SSSR count). The highest BCUT2D eigenvalue weighted by Gasteiger charge is 1.94. The Kier molecular flexibility index (Phi) is 30.2. The van der Waals surface area contributed by atoms with Gasteiger partial charge in [0.15, 0.2) is 0 Å². The maximum absolute atomic E-state index is 9.84. The van der Waals surface area contributed by atoms with Crippen molar-refractivity contribution in [3.05, 3.63) is 50.1 Å². The first-order valence-corrected chi connectivity index (χ1v) is 7.76. The first-order valence-electron chi connectivity index (χ1n) is 7.76. The number of hydrogen-bond donors (Lipinski definition) is 2. The highest BCUT2D eigenvalue weighted by Crippen LogP contribution is 1.98. The lowest BCUT2D eigenvalue weighted by molar-refractivity contribution is -0.135. The van der Waals surface area contributed by atoms with Crippen LogP contribution in [0.4, 0.5) is 0 Å². The number of carbonyl (C=O) groups is 4. The molecule has 0 aromatic rings. The molecule has 9 heteroatoms. The van der Waals surface area contributed by atoms with Gasteiger partial charge < -0.3 is 24.4 Å². The van der Waals surface area contributed by atoms with Crippen LogP contribution in [0.3, 0.4) is 0 Å². The molecule has 0 aliphatic carbocycles. The molecule has 0 radical (unpaired) electrons. The standard InChI is InChI=1S/3C4H6O2.C4H8O.C3H4O2/c2*1-3-4(5)6-2;1-3(2)4(5)6;1-2-4-5-3-1;1-2-3(4)5/h2*3H,1H2,2H3;1H2,2H3,(H,5,6);1-4H2;2H,1H2,(H,4,5). The average Bonchev–Trinajstić information content (AvgIpc) is 3.28. The summed E-state index contributed by atoms with van der Waals surface area (Å²) in [5.41, 5.74) is 0.176. The van der Waals surface area contributed by atoms with E-state index in [4.69, 9.17) is 14.9 Å². The lowest BCUT2D eigenvalue weighted by Crippen LogP contribution is -1.92. The number of ether oxygens (including phenoxy) is 3. The van der Waals surface area contributed by atoms with Crippen LogP contribution < -0.4 is 0 Å². The van der Waals surface area contributed by atoms with Crippen molar-refractivity contribution < 1.29 is 43.6 Å². The van der Waals surface area contributed by atoms with E-state index in [9.17, 15) is 19.2 Å². The van der Waals surface area contributed by atoms with Crippen LogP contribution in [0.25, 0.3) is 0 Å². The van der Waals surface area contributed by atoms with Gasteiger partial charge in [0.1, 0.15) is 0 Å². The molecule has 1 fully saturated rings. The summed E-state index contributed by atoms with van der Waals surface area (Å²) in [6.45, 7) is 15.9. The van der Waals surface area contributed by atoms with Crippen LogP contribution in [-0.2, 0) is 33.4 Å². The molecule has 160 valence electrons. The van der Waals surface area contributed by atoms with Gasteiger partial charge in [0, 0.05) is 37.0 Å². The number of rotatable bonds is 4. The molecule has 28 heavy (non-hydrogen) atoms. The maximum Gasteiger partial charge on any atom is 0.330 e. The Balaban J connectivity index is -0.000000129. The third-order valence-electron chi connectivity index (χ3n) is 2.10. The molecule has 9 nitrogen and oxygen atoms in total. The lowest BCUT2D eigenvalue weighted by Gasteiger charge is -1.83. The second-order valence-corrected chi connectivity index (χ2v) is 4.40. The summed E-state index contributed by atoms with van der Waals surface area (Å²) >= 11 is 0. The fourth-order valence-electron chi connectivity index (χ4n) is 0.677. The topological polar surface area (TPSA) is 136 Å². The summed E-state index contributed by atoms with van der Waals surface area (Å²) < 4.78 is 13.2. The van der Waals surface area contributed by atoms with Gasteiger partial charge in [0.05, 0.1) is 14.2 Å². The van der Waals surface area contributed by atoms with E-state index >= 15 is 0 Å². The second-order valence-electron chi connectivity index (χ2n) is 4.40. The molecular formula is C19H30O9. The summed E-state index contributed by atoms with van der Waals surface area (Å²) in [5.74, 6) is -2.70. The van der Waals surface area contributed by atoms with Crippen LogP contribution in [0.5, 0.6) is 0 Å². The van der Waals surface area contributed by atoms with Crippen molar-refractivity contribution in [2.45, 2.75) is 19.8 Å². The molecule has 0 aromatic carbocycles. The third kappa shape index (κ3) is 43.4. The minimum absolute atomic E-state index is 0.176. The van der Waals surface area contributed by atoms with Crippen LogP contribution in [-0.4, -0.2) is 61.5 Å². The van der Waals surface area contributed by atoms with Crippen LogP contribution in [0, 0.1) is 0 Å². The number of esters is 2. The van der Waals surface area contributed by atoms with E-state index in [1.54, 1.807) is 0 Å². The second kappa shape index (κ2) is 26.0.